The summed E-state index contributed by atoms with van der Waals surface area (Å²) in [5.41, 5.74) is 0.579. The third kappa shape index (κ3) is 4.07. The standard InChI is InChI=1S/C19H24N2O2.ClH/c1-23-19(9-12-20-13-10-19)18(22)21-11-8-15-6-7-16-4-2-3-5-17(16)14-15;/h2-7,14,20H,8-13H2,1H3,(H,21,22);1H. The number of fused-ring (bicyclic) bond motifs is 1. The molecular weight excluding hydrogens is 324 g/mol. The Hall–Kier alpha value is -1.62. The van der Waals surface area contributed by atoms with Crippen LogP contribution in [0.5, 0.6) is 0 Å². The van der Waals surface area contributed by atoms with Crippen molar-refractivity contribution >= 4 is 29.1 Å². The molecule has 4 nitrogen and oxygen atoms in total. The molecule has 2 N–H and O–H groups in total. The molecular formula is C19H25ClN2O2. The highest BCUT2D eigenvalue weighted by molar-refractivity contribution is 5.86. The molecule has 0 saturated carbocycles. The lowest BCUT2D eigenvalue weighted by atomic mass is 9.91. The molecule has 0 spiro atoms. The Morgan fingerprint density at radius 3 is 2.58 bits per heavy atom. The zero-order valence-electron chi connectivity index (χ0n) is 14.0. The Labute approximate surface area is 149 Å². The molecule has 24 heavy (non-hydrogen) atoms. The highest BCUT2D eigenvalue weighted by Gasteiger charge is 2.39. The van der Waals surface area contributed by atoms with Gasteiger partial charge in [-0.25, -0.2) is 0 Å². The maximum absolute atomic E-state index is 12.5. The van der Waals surface area contributed by atoms with Crippen LogP contribution in [0.3, 0.4) is 0 Å². The molecule has 1 aliphatic heterocycles. The van der Waals surface area contributed by atoms with Gasteiger partial charge in [0.05, 0.1) is 0 Å². The van der Waals surface area contributed by atoms with E-state index in [4.69, 9.17) is 4.74 Å². The Balaban J connectivity index is 0.00000208. The van der Waals surface area contributed by atoms with Gasteiger partial charge in [-0.15, -0.1) is 12.4 Å². The number of piperidine rings is 1. The van der Waals surface area contributed by atoms with Crippen molar-refractivity contribution in [3.63, 3.8) is 0 Å². The first-order valence-electron chi connectivity index (χ1n) is 8.25. The van der Waals surface area contributed by atoms with Crippen molar-refractivity contribution in [1.29, 1.82) is 0 Å². The SMILES string of the molecule is COC1(C(=O)NCCc2ccc3ccccc3c2)CCNCC1.Cl. The number of amides is 1. The number of nitrogens with one attached hydrogen (secondary N) is 2. The first-order valence-corrected chi connectivity index (χ1v) is 8.25. The van der Waals surface area contributed by atoms with Crippen LogP contribution in [0.2, 0.25) is 0 Å². The third-order valence-electron chi connectivity index (χ3n) is 4.73. The molecule has 2 aromatic carbocycles. The van der Waals surface area contributed by atoms with Gasteiger partial charge in [0.15, 0.2) is 0 Å². The monoisotopic (exact) mass is 348 g/mol. The van der Waals surface area contributed by atoms with Gasteiger partial charge in [-0.1, -0.05) is 42.5 Å². The second-order valence-corrected chi connectivity index (χ2v) is 6.14. The summed E-state index contributed by atoms with van der Waals surface area (Å²) in [5.74, 6) is 0.0160. The molecule has 1 fully saturated rings. The summed E-state index contributed by atoms with van der Waals surface area (Å²) in [6, 6.07) is 14.8. The van der Waals surface area contributed by atoms with Crippen molar-refractivity contribution in [2.75, 3.05) is 26.7 Å². The maximum atomic E-state index is 12.5. The molecule has 3 rings (SSSR count). The molecule has 0 aliphatic carbocycles. The Bertz CT molecular complexity index is 684. The van der Waals surface area contributed by atoms with E-state index in [0.29, 0.717) is 6.54 Å². The molecule has 130 valence electrons. The molecule has 1 aliphatic rings. The van der Waals surface area contributed by atoms with Crippen LogP contribution < -0.4 is 10.6 Å². The largest absolute Gasteiger partial charge is 0.368 e. The molecule has 1 amide bonds. The normalized spacial score (nSPS) is 16.4. The van der Waals surface area contributed by atoms with Crippen molar-refractivity contribution in [3.8, 4) is 0 Å². The summed E-state index contributed by atoms with van der Waals surface area (Å²) in [5, 5.41) is 8.80. The van der Waals surface area contributed by atoms with Crippen molar-refractivity contribution < 1.29 is 9.53 Å². The summed E-state index contributed by atoms with van der Waals surface area (Å²) in [6.07, 6.45) is 2.28. The van der Waals surface area contributed by atoms with Crippen molar-refractivity contribution in [1.82, 2.24) is 10.6 Å². The van der Waals surface area contributed by atoms with Crippen LogP contribution in [0, 0.1) is 0 Å². The number of hydrogen-bond donors (Lipinski definition) is 2. The van der Waals surface area contributed by atoms with E-state index in [0.717, 1.165) is 32.4 Å². The molecule has 0 atom stereocenters. The predicted molar refractivity (Wildman–Crippen MR) is 99.8 cm³/mol. The van der Waals surface area contributed by atoms with Gasteiger partial charge < -0.3 is 15.4 Å². The van der Waals surface area contributed by atoms with Gasteiger partial charge in [-0.2, -0.15) is 0 Å². The number of rotatable bonds is 5. The van der Waals surface area contributed by atoms with Gasteiger partial charge >= 0.3 is 0 Å². The van der Waals surface area contributed by atoms with Crippen LogP contribution in [0.1, 0.15) is 18.4 Å². The second-order valence-electron chi connectivity index (χ2n) is 6.14. The first-order chi connectivity index (χ1) is 11.2. The van der Waals surface area contributed by atoms with Crippen molar-refractivity contribution in [3.05, 3.63) is 48.0 Å². The van der Waals surface area contributed by atoms with E-state index in [1.807, 2.05) is 12.1 Å². The predicted octanol–water partition coefficient (Wildman–Crippen LogP) is 2.69. The Morgan fingerprint density at radius 1 is 1.17 bits per heavy atom. The molecule has 0 aromatic heterocycles. The van der Waals surface area contributed by atoms with Gasteiger partial charge in [-0.3, -0.25) is 4.79 Å². The van der Waals surface area contributed by atoms with Crippen LogP contribution in [-0.2, 0) is 16.0 Å². The highest BCUT2D eigenvalue weighted by Crippen LogP contribution is 2.22. The molecule has 0 unspecified atom stereocenters. The van der Waals surface area contributed by atoms with E-state index < -0.39 is 5.60 Å². The fourth-order valence-electron chi connectivity index (χ4n) is 3.23. The summed E-state index contributed by atoms with van der Waals surface area (Å²) >= 11 is 0. The lowest BCUT2D eigenvalue weighted by Crippen LogP contribution is -2.54. The number of benzene rings is 2. The van der Waals surface area contributed by atoms with Crippen LogP contribution in [-0.4, -0.2) is 38.3 Å². The minimum absolute atomic E-state index is 0. The number of hydrogen-bond acceptors (Lipinski definition) is 3. The van der Waals surface area contributed by atoms with Crippen molar-refractivity contribution in [2.24, 2.45) is 0 Å². The van der Waals surface area contributed by atoms with Crippen LogP contribution >= 0.6 is 12.4 Å². The first kappa shape index (κ1) is 18.7. The van der Waals surface area contributed by atoms with Crippen LogP contribution in [0.4, 0.5) is 0 Å². The highest BCUT2D eigenvalue weighted by atomic mass is 35.5. The quantitative estimate of drug-likeness (QED) is 0.873. The van der Waals surface area contributed by atoms with E-state index in [1.54, 1.807) is 7.11 Å². The van der Waals surface area contributed by atoms with E-state index in [9.17, 15) is 4.79 Å². The average molecular weight is 349 g/mol. The summed E-state index contributed by atoms with van der Waals surface area (Å²) in [7, 11) is 1.63. The van der Waals surface area contributed by atoms with Crippen LogP contribution in [0.25, 0.3) is 10.8 Å². The molecule has 0 bridgehead atoms. The fraction of sp³-hybridized carbons (Fsp3) is 0.421. The van der Waals surface area contributed by atoms with Gasteiger partial charge in [0.2, 0.25) is 0 Å². The smallest absolute Gasteiger partial charge is 0.252 e. The average Bonchev–Trinajstić information content (AvgIpc) is 2.62. The van der Waals surface area contributed by atoms with Gasteiger partial charge in [-0.05, 0) is 48.7 Å². The topological polar surface area (TPSA) is 50.4 Å². The fourth-order valence-corrected chi connectivity index (χ4v) is 3.23. The Morgan fingerprint density at radius 2 is 1.88 bits per heavy atom. The summed E-state index contributed by atoms with van der Waals surface area (Å²) in [6.45, 7) is 2.29. The van der Waals surface area contributed by atoms with E-state index in [1.165, 1.54) is 16.3 Å². The lowest BCUT2D eigenvalue weighted by molar-refractivity contribution is -0.146. The molecule has 1 heterocycles. The summed E-state index contributed by atoms with van der Waals surface area (Å²) in [4.78, 5) is 12.5. The van der Waals surface area contributed by atoms with Crippen molar-refractivity contribution in [2.45, 2.75) is 24.9 Å². The van der Waals surface area contributed by atoms with E-state index >= 15 is 0 Å². The minimum Gasteiger partial charge on any atom is -0.368 e. The van der Waals surface area contributed by atoms with Crippen LogP contribution in [0.15, 0.2) is 42.5 Å². The van der Waals surface area contributed by atoms with Gasteiger partial charge in [0, 0.05) is 13.7 Å². The maximum Gasteiger partial charge on any atom is 0.252 e. The zero-order chi connectivity index (χ0) is 16.1. The van der Waals surface area contributed by atoms with Gasteiger partial charge in [0.1, 0.15) is 5.60 Å². The molecule has 2 aromatic rings. The Kier molecular flexibility index (Phi) is 6.60. The number of ether oxygens (including phenoxy) is 1. The molecule has 5 heteroatoms. The molecule has 1 saturated heterocycles. The van der Waals surface area contributed by atoms with E-state index in [2.05, 4.69) is 41.0 Å². The number of carbonyl (C=O) groups is 1. The minimum atomic E-state index is -0.658. The third-order valence-corrected chi connectivity index (χ3v) is 4.73. The lowest BCUT2D eigenvalue weighted by Gasteiger charge is -2.34. The summed E-state index contributed by atoms with van der Waals surface area (Å²) < 4.78 is 5.55. The number of halogens is 1. The molecule has 0 radical (unpaired) electrons. The number of methoxy groups -OCH3 is 1. The second kappa shape index (κ2) is 8.47. The zero-order valence-corrected chi connectivity index (χ0v) is 14.8. The van der Waals surface area contributed by atoms with Gasteiger partial charge in [0.25, 0.3) is 5.91 Å². The van der Waals surface area contributed by atoms with E-state index in [-0.39, 0.29) is 18.3 Å². The number of carbonyl (C=O) groups excluding carboxylic acids is 1.